The summed E-state index contributed by atoms with van der Waals surface area (Å²) < 4.78 is 0. The maximum atomic E-state index is 11.8. The summed E-state index contributed by atoms with van der Waals surface area (Å²) in [6.07, 6.45) is 0.942. The van der Waals surface area contributed by atoms with Crippen LogP contribution in [0.15, 0.2) is 30.3 Å². The highest BCUT2D eigenvalue weighted by atomic mass is 16.2. The first kappa shape index (κ1) is 17.0. The zero-order chi connectivity index (χ0) is 15.9. The average Bonchev–Trinajstić information content (AvgIpc) is 2.47. The van der Waals surface area contributed by atoms with Crippen LogP contribution >= 0.6 is 0 Å². The van der Waals surface area contributed by atoms with Crippen LogP contribution in [0.25, 0.3) is 0 Å². The number of hydrogen-bond donors (Lipinski definition) is 3. The summed E-state index contributed by atoms with van der Waals surface area (Å²) in [6.45, 7) is 6.27. The number of carbonyl (C=O) groups is 2. The van der Waals surface area contributed by atoms with Gasteiger partial charge in [-0.15, -0.1) is 0 Å². The molecule has 116 valence electrons. The second-order valence-corrected chi connectivity index (χ2v) is 5.83. The quantitative estimate of drug-likeness (QED) is 0.718. The number of benzene rings is 1. The lowest BCUT2D eigenvalue weighted by Gasteiger charge is -2.22. The summed E-state index contributed by atoms with van der Waals surface area (Å²) in [5, 5.41) is 5.53. The zero-order valence-electron chi connectivity index (χ0n) is 13.0. The number of nitrogens with two attached hydrogens (primary N) is 1. The van der Waals surface area contributed by atoms with E-state index in [0.717, 1.165) is 6.42 Å². The smallest absolute Gasteiger partial charge is 0.314 e. The van der Waals surface area contributed by atoms with Crippen molar-refractivity contribution in [2.24, 2.45) is 11.1 Å². The standard InChI is InChI=1S/C16H25N3O2/c1-4-12(13-8-6-5-7-9-13)10-18-15(21)19-11-16(2,3)14(17)20/h5-9,12H,4,10-11H2,1-3H3,(H2,17,20)(H2,18,19,21)/t12-/m1/s1. The van der Waals surface area contributed by atoms with Crippen LogP contribution in [-0.2, 0) is 4.79 Å². The Bertz CT molecular complexity index is 472. The van der Waals surface area contributed by atoms with Crippen LogP contribution in [-0.4, -0.2) is 25.0 Å². The number of nitrogens with one attached hydrogen (secondary N) is 2. The Morgan fingerprint density at radius 2 is 1.81 bits per heavy atom. The fourth-order valence-electron chi connectivity index (χ4n) is 1.89. The third kappa shape index (κ3) is 5.45. The summed E-state index contributed by atoms with van der Waals surface area (Å²) in [4.78, 5) is 23.0. The summed E-state index contributed by atoms with van der Waals surface area (Å²) in [7, 11) is 0. The van der Waals surface area contributed by atoms with E-state index < -0.39 is 11.3 Å². The molecule has 1 atom stereocenters. The van der Waals surface area contributed by atoms with Gasteiger partial charge in [0.25, 0.3) is 0 Å². The molecular formula is C16H25N3O2. The number of rotatable bonds is 7. The Hall–Kier alpha value is -2.04. The second kappa shape index (κ2) is 7.67. The van der Waals surface area contributed by atoms with Gasteiger partial charge >= 0.3 is 6.03 Å². The monoisotopic (exact) mass is 291 g/mol. The Balaban J connectivity index is 2.43. The molecular weight excluding hydrogens is 266 g/mol. The molecule has 0 radical (unpaired) electrons. The van der Waals surface area contributed by atoms with E-state index in [4.69, 9.17) is 5.73 Å². The molecule has 21 heavy (non-hydrogen) atoms. The van der Waals surface area contributed by atoms with E-state index in [1.54, 1.807) is 13.8 Å². The predicted octanol–water partition coefficient (Wildman–Crippen LogP) is 1.99. The fourth-order valence-corrected chi connectivity index (χ4v) is 1.89. The lowest BCUT2D eigenvalue weighted by Crippen LogP contribution is -2.46. The van der Waals surface area contributed by atoms with Gasteiger partial charge in [0, 0.05) is 19.0 Å². The van der Waals surface area contributed by atoms with Crippen LogP contribution in [0.4, 0.5) is 4.79 Å². The molecule has 3 amide bonds. The molecule has 1 aromatic rings. The molecule has 0 saturated carbocycles. The van der Waals surface area contributed by atoms with Crippen molar-refractivity contribution in [3.8, 4) is 0 Å². The lowest BCUT2D eigenvalue weighted by atomic mass is 9.93. The number of urea groups is 1. The van der Waals surface area contributed by atoms with Gasteiger partial charge in [0.15, 0.2) is 0 Å². The Morgan fingerprint density at radius 3 is 2.33 bits per heavy atom. The summed E-state index contributed by atoms with van der Waals surface area (Å²) >= 11 is 0. The molecule has 0 spiro atoms. The van der Waals surface area contributed by atoms with Gasteiger partial charge in [-0.3, -0.25) is 4.79 Å². The van der Waals surface area contributed by atoms with Gasteiger partial charge in [-0.1, -0.05) is 37.3 Å². The van der Waals surface area contributed by atoms with Crippen molar-refractivity contribution in [3.63, 3.8) is 0 Å². The number of amides is 3. The highest BCUT2D eigenvalue weighted by Crippen LogP contribution is 2.17. The maximum Gasteiger partial charge on any atom is 0.314 e. The van der Waals surface area contributed by atoms with E-state index in [1.807, 2.05) is 18.2 Å². The zero-order valence-corrected chi connectivity index (χ0v) is 13.0. The van der Waals surface area contributed by atoms with Crippen molar-refractivity contribution in [2.45, 2.75) is 33.1 Å². The van der Waals surface area contributed by atoms with Gasteiger partial charge in [-0.05, 0) is 25.8 Å². The Labute approximate surface area is 126 Å². The van der Waals surface area contributed by atoms with Crippen LogP contribution in [0.3, 0.4) is 0 Å². The lowest BCUT2D eigenvalue weighted by molar-refractivity contribution is -0.125. The summed E-state index contributed by atoms with van der Waals surface area (Å²) in [6, 6.07) is 9.80. The predicted molar refractivity (Wildman–Crippen MR) is 83.9 cm³/mol. The van der Waals surface area contributed by atoms with E-state index >= 15 is 0 Å². The van der Waals surface area contributed by atoms with Gasteiger partial charge in [0.05, 0.1) is 5.41 Å². The van der Waals surface area contributed by atoms with Crippen molar-refractivity contribution in [1.82, 2.24) is 10.6 Å². The topological polar surface area (TPSA) is 84.2 Å². The molecule has 1 rings (SSSR count). The van der Waals surface area contributed by atoms with Crippen molar-refractivity contribution >= 4 is 11.9 Å². The highest BCUT2D eigenvalue weighted by molar-refractivity contribution is 5.81. The van der Waals surface area contributed by atoms with Crippen molar-refractivity contribution in [3.05, 3.63) is 35.9 Å². The van der Waals surface area contributed by atoms with Crippen LogP contribution in [0.2, 0.25) is 0 Å². The van der Waals surface area contributed by atoms with E-state index in [1.165, 1.54) is 5.56 Å². The molecule has 0 aliphatic heterocycles. The minimum absolute atomic E-state index is 0.219. The van der Waals surface area contributed by atoms with Gasteiger partial charge in [-0.2, -0.15) is 0 Å². The van der Waals surface area contributed by atoms with Crippen LogP contribution in [0.5, 0.6) is 0 Å². The molecule has 0 saturated heterocycles. The van der Waals surface area contributed by atoms with Gasteiger partial charge in [0.2, 0.25) is 5.91 Å². The molecule has 0 unspecified atom stereocenters. The SMILES string of the molecule is CC[C@H](CNC(=O)NCC(C)(C)C(N)=O)c1ccccc1. The minimum atomic E-state index is -0.749. The van der Waals surface area contributed by atoms with E-state index in [2.05, 4.69) is 29.7 Å². The number of carbonyl (C=O) groups excluding carboxylic acids is 2. The minimum Gasteiger partial charge on any atom is -0.369 e. The van der Waals surface area contributed by atoms with Crippen molar-refractivity contribution < 1.29 is 9.59 Å². The molecule has 0 fully saturated rings. The van der Waals surface area contributed by atoms with Gasteiger partial charge in [0.1, 0.15) is 0 Å². The Morgan fingerprint density at radius 1 is 1.19 bits per heavy atom. The van der Waals surface area contributed by atoms with Crippen LogP contribution in [0.1, 0.15) is 38.7 Å². The van der Waals surface area contributed by atoms with Crippen molar-refractivity contribution in [1.29, 1.82) is 0 Å². The third-order valence-corrected chi connectivity index (χ3v) is 3.63. The Kier molecular flexibility index (Phi) is 6.21. The first-order valence-corrected chi connectivity index (χ1v) is 7.23. The molecule has 0 heterocycles. The summed E-state index contributed by atoms with van der Waals surface area (Å²) in [5.74, 6) is -0.153. The van der Waals surface area contributed by atoms with Crippen molar-refractivity contribution in [2.75, 3.05) is 13.1 Å². The second-order valence-electron chi connectivity index (χ2n) is 5.83. The average molecular weight is 291 g/mol. The first-order chi connectivity index (χ1) is 9.86. The molecule has 5 nitrogen and oxygen atoms in total. The normalized spacial score (nSPS) is 12.5. The van der Waals surface area contributed by atoms with E-state index in [-0.39, 0.29) is 18.5 Å². The van der Waals surface area contributed by atoms with Gasteiger partial charge < -0.3 is 16.4 Å². The molecule has 0 aliphatic rings. The first-order valence-electron chi connectivity index (χ1n) is 7.23. The molecule has 4 N–H and O–H groups in total. The summed E-state index contributed by atoms with van der Waals surface area (Å²) in [5.41, 5.74) is 5.72. The molecule has 0 aromatic heterocycles. The molecule has 5 heteroatoms. The molecule has 1 aromatic carbocycles. The largest absolute Gasteiger partial charge is 0.369 e. The van der Waals surface area contributed by atoms with Crippen LogP contribution in [0, 0.1) is 5.41 Å². The van der Waals surface area contributed by atoms with E-state index in [0.29, 0.717) is 6.54 Å². The highest BCUT2D eigenvalue weighted by Gasteiger charge is 2.25. The molecule has 0 bridgehead atoms. The molecule has 0 aliphatic carbocycles. The number of hydrogen-bond acceptors (Lipinski definition) is 2. The van der Waals surface area contributed by atoms with Crippen LogP contribution < -0.4 is 16.4 Å². The third-order valence-electron chi connectivity index (χ3n) is 3.63. The van der Waals surface area contributed by atoms with Gasteiger partial charge in [-0.25, -0.2) is 4.79 Å². The number of primary amides is 1. The maximum absolute atomic E-state index is 11.8. The van der Waals surface area contributed by atoms with E-state index in [9.17, 15) is 9.59 Å². The fraction of sp³-hybridized carbons (Fsp3) is 0.500.